The number of H-pyrrole nitrogens is 1. The fourth-order valence-corrected chi connectivity index (χ4v) is 5.70. The Kier molecular flexibility index (Phi) is 6.30. The van der Waals surface area contributed by atoms with Crippen molar-refractivity contribution in [3.8, 4) is 0 Å². The van der Waals surface area contributed by atoms with Crippen LogP contribution in [0.1, 0.15) is 48.5 Å². The molecule has 2 aliphatic carbocycles. The molecule has 7 heteroatoms. The van der Waals surface area contributed by atoms with Crippen LogP contribution in [0, 0.1) is 0 Å². The summed E-state index contributed by atoms with van der Waals surface area (Å²) in [7, 11) is 0. The summed E-state index contributed by atoms with van der Waals surface area (Å²) >= 11 is 0. The predicted molar refractivity (Wildman–Crippen MR) is 131 cm³/mol. The summed E-state index contributed by atoms with van der Waals surface area (Å²) in [4.78, 5) is 22.1. The van der Waals surface area contributed by atoms with Gasteiger partial charge in [0.1, 0.15) is 6.29 Å². The van der Waals surface area contributed by atoms with Crippen LogP contribution in [0.3, 0.4) is 0 Å². The van der Waals surface area contributed by atoms with E-state index in [1.165, 1.54) is 22.3 Å². The fraction of sp³-hybridized carbons (Fsp3) is 0.370. The maximum Gasteiger partial charge on any atom is 0.248 e. The molecule has 1 saturated heterocycles. The molecule has 0 saturated carbocycles. The number of aldehydes is 1. The van der Waals surface area contributed by atoms with E-state index in [-0.39, 0.29) is 23.4 Å². The number of benzene rings is 1. The first-order valence-electron chi connectivity index (χ1n) is 12.0. The molecule has 6 rings (SSSR count). The number of fused-ring (bicyclic) bond motifs is 4. The minimum Gasteiger partial charge on any atom is -0.366 e. The molecule has 0 spiro atoms. The highest BCUT2D eigenvalue weighted by Gasteiger charge is 2.37. The van der Waals surface area contributed by atoms with Gasteiger partial charge in [0.05, 0.1) is 24.0 Å². The van der Waals surface area contributed by atoms with E-state index in [2.05, 4.69) is 45.1 Å². The van der Waals surface area contributed by atoms with Crippen molar-refractivity contribution in [2.75, 3.05) is 13.1 Å². The Labute approximate surface area is 199 Å². The van der Waals surface area contributed by atoms with Crippen LogP contribution in [0.25, 0.3) is 0 Å². The summed E-state index contributed by atoms with van der Waals surface area (Å²) < 4.78 is 0. The smallest absolute Gasteiger partial charge is 0.248 e. The number of nitrogens with one attached hydrogen (secondary N) is 3. The summed E-state index contributed by atoms with van der Waals surface area (Å²) in [5, 5.41) is 14.1. The number of amides is 1. The molecule has 5 N–H and O–H groups in total. The molecule has 1 aromatic heterocycles. The van der Waals surface area contributed by atoms with Gasteiger partial charge in [-0.3, -0.25) is 15.2 Å². The number of carbonyl (C=O) groups is 2. The van der Waals surface area contributed by atoms with Crippen LogP contribution in [0.4, 0.5) is 0 Å². The van der Waals surface area contributed by atoms with E-state index >= 15 is 0 Å². The fourth-order valence-electron chi connectivity index (χ4n) is 5.70. The first-order valence-corrected chi connectivity index (χ1v) is 12.0. The van der Waals surface area contributed by atoms with E-state index in [0.29, 0.717) is 12.0 Å². The van der Waals surface area contributed by atoms with Gasteiger partial charge in [0.2, 0.25) is 5.91 Å². The maximum atomic E-state index is 11.3. The molecule has 2 aliphatic heterocycles. The molecule has 34 heavy (non-hydrogen) atoms. The van der Waals surface area contributed by atoms with E-state index < -0.39 is 0 Å². The number of aromatic amines is 1. The van der Waals surface area contributed by atoms with Gasteiger partial charge in [-0.2, -0.15) is 5.10 Å². The summed E-state index contributed by atoms with van der Waals surface area (Å²) in [6.45, 7) is 2.03. The molecule has 0 radical (unpaired) electrons. The van der Waals surface area contributed by atoms with Crippen LogP contribution >= 0.6 is 0 Å². The lowest BCUT2D eigenvalue weighted by atomic mass is 9.71. The van der Waals surface area contributed by atoms with Crippen LogP contribution in [-0.4, -0.2) is 41.5 Å². The zero-order chi connectivity index (χ0) is 23.5. The second-order valence-electron chi connectivity index (χ2n) is 9.46. The number of nitrogens with two attached hydrogens (primary N) is 1. The summed E-state index contributed by atoms with van der Waals surface area (Å²) in [5.41, 5.74) is 12.3. The van der Waals surface area contributed by atoms with Crippen molar-refractivity contribution in [3.05, 3.63) is 88.3 Å². The standard InChI is InChI=1S/C14H14N4O.C13H17NO/c15-14(19)7-2-4-11-10(5-7)9-3-1-8-6-16-18-12(8)13(9)17-11;15-11-8-13(6-9-14-10-7-13)12-4-2-1-3-5-12/h2,4-6,11,13,17H,1,3H2,(H2,15,19)(H,16,18);1-5,11,14H,6-10H2. The van der Waals surface area contributed by atoms with Crippen molar-refractivity contribution in [3.63, 3.8) is 0 Å². The summed E-state index contributed by atoms with van der Waals surface area (Å²) in [6.07, 6.45) is 13.5. The second-order valence-corrected chi connectivity index (χ2v) is 9.46. The molecule has 3 heterocycles. The number of aromatic nitrogens is 2. The van der Waals surface area contributed by atoms with Gasteiger partial charge in [0.15, 0.2) is 0 Å². The van der Waals surface area contributed by atoms with Crippen LogP contribution in [0.2, 0.25) is 0 Å². The molecule has 7 nitrogen and oxygen atoms in total. The molecule has 1 amide bonds. The maximum absolute atomic E-state index is 11.3. The van der Waals surface area contributed by atoms with Crippen LogP contribution in [-0.2, 0) is 21.4 Å². The molecule has 176 valence electrons. The molecule has 0 bridgehead atoms. The largest absolute Gasteiger partial charge is 0.366 e. The molecule has 2 unspecified atom stereocenters. The molecular weight excluding hydrogens is 426 g/mol. The number of aryl methyl sites for hydroxylation is 1. The van der Waals surface area contributed by atoms with Crippen molar-refractivity contribution in [2.24, 2.45) is 5.73 Å². The van der Waals surface area contributed by atoms with Gasteiger partial charge in [-0.05, 0) is 67.1 Å². The quantitative estimate of drug-likeness (QED) is 0.527. The first kappa shape index (κ1) is 22.5. The molecule has 1 fully saturated rings. The van der Waals surface area contributed by atoms with Crippen molar-refractivity contribution in [1.29, 1.82) is 0 Å². The monoisotopic (exact) mass is 457 g/mol. The Balaban J connectivity index is 0.000000146. The van der Waals surface area contributed by atoms with Gasteiger partial charge in [-0.15, -0.1) is 0 Å². The number of primary amides is 1. The summed E-state index contributed by atoms with van der Waals surface area (Å²) in [6, 6.07) is 10.8. The third kappa shape index (κ3) is 4.17. The average Bonchev–Trinajstić information content (AvgIpc) is 3.50. The van der Waals surface area contributed by atoms with Gasteiger partial charge in [0.25, 0.3) is 0 Å². The van der Waals surface area contributed by atoms with Gasteiger partial charge in [-0.1, -0.05) is 42.5 Å². The topological polar surface area (TPSA) is 113 Å². The molecule has 1 aromatic carbocycles. The van der Waals surface area contributed by atoms with Crippen LogP contribution in [0.15, 0.2) is 71.5 Å². The average molecular weight is 458 g/mol. The van der Waals surface area contributed by atoms with Gasteiger partial charge < -0.3 is 15.8 Å². The normalized spacial score (nSPS) is 24.2. The van der Waals surface area contributed by atoms with Crippen molar-refractivity contribution >= 4 is 12.2 Å². The Morgan fingerprint density at radius 2 is 1.97 bits per heavy atom. The third-order valence-corrected chi connectivity index (χ3v) is 7.59. The Morgan fingerprint density at radius 1 is 1.18 bits per heavy atom. The number of rotatable bonds is 4. The van der Waals surface area contributed by atoms with Crippen LogP contribution < -0.4 is 16.4 Å². The number of hydrogen-bond donors (Lipinski definition) is 4. The lowest BCUT2D eigenvalue weighted by Crippen LogP contribution is -2.40. The number of nitrogens with zero attached hydrogens (tertiary/aromatic N) is 1. The van der Waals surface area contributed by atoms with E-state index in [1.807, 2.05) is 24.4 Å². The molecule has 2 atom stereocenters. The third-order valence-electron chi connectivity index (χ3n) is 7.59. The zero-order valence-corrected chi connectivity index (χ0v) is 19.2. The second kappa shape index (κ2) is 9.52. The van der Waals surface area contributed by atoms with E-state index in [0.717, 1.165) is 50.8 Å². The Morgan fingerprint density at radius 3 is 2.71 bits per heavy atom. The first-order chi connectivity index (χ1) is 16.6. The number of hydrogen-bond acceptors (Lipinski definition) is 5. The predicted octanol–water partition coefficient (Wildman–Crippen LogP) is 2.54. The lowest BCUT2D eigenvalue weighted by Gasteiger charge is -2.36. The number of carbonyl (C=O) groups excluding carboxylic acids is 2. The molecule has 4 aliphatic rings. The minimum atomic E-state index is -0.371. The van der Waals surface area contributed by atoms with Crippen LogP contribution in [0.5, 0.6) is 0 Å². The highest BCUT2D eigenvalue weighted by atomic mass is 16.1. The van der Waals surface area contributed by atoms with E-state index in [4.69, 9.17) is 5.73 Å². The van der Waals surface area contributed by atoms with Crippen molar-refractivity contribution in [2.45, 2.75) is 49.6 Å². The van der Waals surface area contributed by atoms with Gasteiger partial charge in [-0.25, -0.2) is 0 Å². The Bertz CT molecular complexity index is 1150. The molecular formula is C27H31N5O2. The van der Waals surface area contributed by atoms with Crippen molar-refractivity contribution in [1.82, 2.24) is 20.8 Å². The highest BCUT2D eigenvalue weighted by Crippen LogP contribution is 2.42. The zero-order valence-electron chi connectivity index (χ0n) is 19.2. The Hall–Kier alpha value is -3.29. The van der Waals surface area contributed by atoms with E-state index in [1.54, 1.807) is 6.08 Å². The summed E-state index contributed by atoms with van der Waals surface area (Å²) in [5.74, 6) is -0.371. The molecule has 2 aromatic rings. The number of piperidine rings is 1. The SMILES string of the molecule is NC(=O)C1=CC2=C3CCc4cn[nH]c4C3NC2C=C1.O=CCC1(c2ccccc2)CCNCC1. The van der Waals surface area contributed by atoms with E-state index in [9.17, 15) is 9.59 Å². The van der Waals surface area contributed by atoms with Gasteiger partial charge >= 0.3 is 0 Å². The van der Waals surface area contributed by atoms with Crippen molar-refractivity contribution < 1.29 is 9.59 Å². The lowest BCUT2D eigenvalue weighted by molar-refractivity contribution is -0.114. The minimum absolute atomic E-state index is 0.0915. The van der Waals surface area contributed by atoms with Gasteiger partial charge in [0, 0.05) is 17.4 Å². The highest BCUT2D eigenvalue weighted by molar-refractivity contribution is 5.96.